The number of rotatable bonds is 6. The monoisotopic (exact) mass is 467 g/mol. The summed E-state index contributed by atoms with van der Waals surface area (Å²) in [7, 11) is 1.84. The van der Waals surface area contributed by atoms with Crippen LogP contribution in [-0.2, 0) is 11.8 Å². The van der Waals surface area contributed by atoms with Crippen molar-refractivity contribution in [3.05, 3.63) is 77.4 Å². The molecule has 3 aromatic heterocycles. The molecule has 0 spiro atoms. The van der Waals surface area contributed by atoms with Gasteiger partial charge in [-0.2, -0.15) is 5.10 Å². The van der Waals surface area contributed by atoms with Crippen LogP contribution in [-0.4, -0.2) is 37.1 Å². The average Bonchev–Trinajstić information content (AvgIpc) is 3.59. The number of hydrazone groups is 1. The summed E-state index contributed by atoms with van der Waals surface area (Å²) < 4.78 is 12.8. The van der Waals surface area contributed by atoms with Gasteiger partial charge >= 0.3 is 0 Å². The zero-order valence-corrected chi connectivity index (χ0v) is 18.6. The zero-order chi connectivity index (χ0) is 22.1. The Bertz CT molecular complexity index is 1250. The number of aromatic nitrogens is 3. The van der Waals surface area contributed by atoms with Crippen LogP contribution in [0.2, 0.25) is 5.02 Å². The smallest absolute Gasteiger partial charge is 0.253 e. The number of benzene rings is 1. The first-order valence-electron chi connectivity index (χ1n) is 9.85. The number of nitrogens with zero attached hydrogens (tertiary/aromatic N) is 5. The summed E-state index contributed by atoms with van der Waals surface area (Å²) in [5.74, 6) is 1.91. The van der Waals surface area contributed by atoms with Gasteiger partial charge in [0, 0.05) is 18.5 Å². The molecule has 4 heterocycles. The van der Waals surface area contributed by atoms with Crippen molar-refractivity contribution in [2.24, 2.45) is 12.1 Å². The van der Waals surface area contributed by atoms with Crippen molar-refractivity contribution in [1.29, 1.82) is 0 Å². The van der Waals surface area contributed by atoms with Gasteiger partial charge in [-0.05, 0) is 42.0 Å². The van der Waals surface area contributed by atoms with Gasteiger partial charge in [-0.3, -0.25) is 4.79 Å². The Balaban J connectivity index is 1.35. The third-order valence-electron chi connectivity index (χ3n) is 5.12. The summed E-state index contributed by atoms with van der Waals surface area (Å²) in [5, 5.41) is 15.7. The lowest BCUT2D eigenvalue weighted by atomic mass is 10.0. The molecule has 0 radical (unpaired) electrons. The molecular formula is C22H18ClN5O3S. The first-order chi connectivity index (χ1) is 15.6. The van der Waals surface area contributed by atoms with Gasteiger partial charge in [-0.15, -0.1) is 10.2 Å². The Labute approximate surface area is 192 Å². The van der Waals surface area contributed by atoms with Gasteiger partial charge in [0.15, 0.2) is 16.7 Å². The number of carbonyl (C=O) groups excluding carboxylic acids is 1. The van der Waals surface area contributed by atoms with E-state index in [2.05, 4.69) is 15.3 Å². The molecule has 0 aliphatic carbocycles. The molecular weight excluding hydrogens is 450 g/mol. The highest BCUT2D eigenvalue weighted by atomic mass is 35.5. The maximum atomic E-state index is 13.2. The molecule has 0 unspecified atom stereocenters. The second-order valence-electron chi connectivity index (χ2n) is 7.16. The van der Waals surface area contributed by atoms with E-state index in [-0.39, 0.29) is 17.7 Å². The molecule has 0 N–H and O–H groups in total. The van der Waals surface area contributed by atoms with Crippen LogP contribution in [0.4, 0.5) is 0 Å². The Morgan fingerprint density at radius 1 is 1.12 bits per heavy atom. The molecule has 0 saturated heterocycles. The van der Waals surface area contributed by atoms with Gasteiger partial charge < -0.3 is 13.4 Å². The number of carbonyl (C=O) groups is 1. The minimum atomic E-state index is -0.304. The maximum Gasteiger partial charge on any atom is 0.253 e. The van der Waals surface area contributed by atoms with E-state index in [0.29, 0.717) is 33.9 Å². The molecule has 32 heavy (non-hydrogen) atoms. The lowest BCUT2D eigenvalue weighted by molar-refractivity contribution is -0.130. The van der Waals surface area contributed by atoms with Crippen LogP contribution in [0.25, 0.3) is 11.6 Å². The Hall–Kier alpha value is -3.30. The predicted octanol–water partition coefficient (Wildman–Crippen LogP) is 4.79. The Morgan fingerprint density at radius 3 is 2.62 bits per heavy atom. The van der Waals surface area contributed by atoms with E-state index >= 15 is 0 Å². The third kappa shape index (κ3) is 3.96. The third-order valence-corrected chi connectivity index (χ3v) is 6.37. The van der Waals surface area contributed by atoms with E-state index in [1.54, 1.807) is 23.2 Å². The highest BCUT2D eigenvalue weighted by Gasteiger charge is 2.35. The summed E-state index contributed by atoms with van der Waals surface area (Å²) in [6, 6.07) is 14.4. The van der Waals surface area contributed by atoms with Crippen molar-refractivity contribution >= 4 is 35.0 Å². The molecule has 1 amide bonds. The Morgan fingerprint density at radius 2 is 1.91 bits per heavy atom. The van der Waals surface area contributed by atoms with E-state index in [0.717, 1.165) is 11.3 Å². The lowest BCUT2D eigenvalue weighted by Crippen LogP contribution is -2.28. The minimum Gasteiger partial charge on any atom is -0.467 e. The van der Waals surface area contributed by atoms with Gasteiger partial charge in [0.05, 0.1) is 24.0 Å². The average molecular weight is 468 g/mol. The standard InChI is InChI=1S/C22H18ClN5O3S/c1-27-21(19-5-3-11-31-19)24-25-22(27)32-13-20(29)28-17(18-4-2-10-30-18)12-16(26-28)14-6-8-15(23)9-7-14/h2-11,17H,12-13H2,1H3/t17-/m0/s1. The van der Waals surface area contributed by atoms with Crippen LogP contribution in [0.1, 0.15) is 23.8 Å². The molecule has 5 rings (SSSR count). The summed E-state index contributed by atoms with van der Waals surface area (Å²) in [6.45, 7) is 0. The lowest BCUT2D eigenvalue weighted by Gasteiger charge is -2.19. The highest BCUT2D eigenvalue weighted by molar-refractivity contribution is 7.99. The number of hydrogen-bond acceptors (Lipinski definition) is 7. The van der Waals surface area contributed by atoms with Crippen molar-refractivity contribution in [3.63, 3.8) is 0 Å². The fraction of sp³-hybridized carbons (Fsp3) is 0.182. The van der Waals surface area contributed by atoms with Crippen molar-refractivity contribution in [3.8, 4) is 11.6 Å². The van der Waals surface area contributed by atoms with E-state index in [4.69, 9.17) is 20.4 Å². The molecule has 0 bridgehead atoms. The summed E-state index contributed by atoms with van der Waals surface area (Å²) in [6.07, 6.45) is 3.74. The van der Waals surface area contributed by atoms with Gasteiger partial charge in [-0.1, -0.05) is 35.5 Å². The van der Waals surface area contributed by atoms with Gasteiger partial charge in [0.25, 0.3) is 5.91 Å². The van der Waals surface area contributed by atoms with Crippen LogP contribution in [0.5, 0.6) is 0 Å². The summed E-state index contributed by atoms with van der Waals surface area (Å²) >= 11 is 7.31. The molecule has 162 valence electrons. The molecule has 8 nitrogen and oxygen atoms in total. The van der Waals surface area contributed by atoms with E-state index in [1.165, 1.54) is 16.8 Å². The zero-order valence-electron chi connectivity index (χ0n) is 17.0. The van der Waals surface area contributed by atoms with E-state index < -0.39 is 0 Å². The van der Waals surface area contributed by atoms with Crippen molar-refractivity contribution < 1.29 is 13.6 Å². The normalized spacial score (nSPS) is 15.9. The van der Waals surface area contributed by atoms with E-state index in [9.17, 15) is 4.79 Å². The molecule has 4 aromatic rings. The Kier molecular flexibility index (Phi) is 5.59. The number of hydrogen-bond donors (Lipinski definition) is 0. The number of halogens is 1. The highest BCUT2D eigenvalue weighted by Crippen LogP contribution is 2.34. The van der Waals surface area contributed by atoms with Crippen LogP contribution in [0.3, 0.4) is 0 Å². The molecule has 1 atom stereocenters. The minimum absolute atomic E-state index is 0.150. The maximum absolute atomic E-state index is 13.2. The summed E-state index contributed by atoms with van der Waals surface area (Å²) in [4.78, 5) is 13.2. The van der Waals surface area contributed by atoms with Gasteiger partial charge in [0.1, 0.15) is 11.8 Å². The van der Waals surface area contributed by atoms with Crippen LogP contribution in [0, 0.1) is 0 Å². The molecule has 0 fully saturated rings. The van der Waals surface area contributed by atoms with Crippen molar-refractivity contribution in [1.82, 2.24) is 19.8 Å². The van der Waals surface area contributed by atoms with Gasteiger partial charge in [0.2, 0.25) is 0 Å². The molecule has 10 heteroatoms. The van der Waals surface area contributed by atoms with Crippen LogP contribution >= 0.6 is 23.4 Å². The van der Waals surface area contributed by atoms with Crippen molar-refractivity contribution in [2.45, 2.75) is 17.6 Å². The van der Waals surface area contributed by atoms with Crippen LogP contribution in [0.15, 0.2) is 80.1 Å². The number of furan rings is 2. The van der Waals surface area contributed by atoms with Crippen molar-refractivity contribution in [2.75, 3.05) is 5.75 Å². The topological polar surface area (TPSA) is 89.7 Å². The number of thioether (sulfide) groups is 1. The quantitative estimate of drug-likeness (QED) is 0.379. The molecule has 0 saturated carbocycles. The summed E-state index contributed by atoms with van der Waals surface area (Å²) in [5.41, 5.74) is 1.73. The largest absolute Gasteiger partial charge is 0.467 e. The van der Waals surface area contributed by atoms with Gasteiger partial charge in [-0.25, -0.2) is 5.01 Å². The first kappa shape index (κ1) is 20.6. The second kappa shape index (κ2) is 8.68. The predicted molar refractivity (Wildman–Crippen MR) is 120 cm³/mol. The molecule has 1 aliphatic rings. The fourth-order valence-electron chi connectivity index (χ4n) is 3.51. The van der Waals surface area contributed by atoms with Crippen LogP contribution < -0.4 is 0 Å². The van der Waals surface area contributed by atoms with E-state index in [1.807, 2.05) is 49.5 Å². The second-order valence-corrected chi connectivity index (χ2v) is 8.54. The SMILES string of the molecule is Cn1c(SCC(=O)N2N=C(c3ccc(Cl)cc3)C[C@H]2c2ccco2)nnc1-c1ccco1. The number of amides is 1. The first-order valence-corrected chi connectivity index (χ1v) is 11.2. The molecule has 1 aromatic carbocycles. The fourth-order valence-corrected chi connectivity index (χ4v) is 4.40. The molecule has 1 aliphatic heterocycles.